The lowest BCUT2D eigenvalue weighted by Gasteiger charge is -2.14. The Balaban J connectivity index is 1.46. The Labute approximate surface area is 223 Å². The Bertz CT molecular complexity index is 1480. The molecule has 2 heterocycles. The van der Waals surface area contributed by atoms with Crippen LogP contribution in [0.5, 0.6) is 5.75 Å². The summed E-state index contributed by atoms with van der Waals surface area (Å²) in [7, 11) is 0. The molecule has 0 bridgehead atoms. The molecule has 7 nitrogen and oxygen atoms in total. The monoisotopic (exact) mass is 526 g/mol. The van der Waals surface area contributed by atoms with Gasteiger partial charge in [-0.05, 0) is 48.0 Å². The summed E-state index contributed by atoms with van der Waals surface area (Å²) in [6.45, 7) is -0.121. The number of carbonyl (C=O) groups is 2. The predicted octanol–water partition coefficient (Wildman–Crippen LogP) is 4.07. The number of hydrogen-bond donors (Lipinski definition) is 0. The van der Waals surface area contributed by atoms with Gasteiger partial charge in [-0.25, -0.2) is 4.68 Å². The van der Waals surface area contributed by atoms with Gasteiger partial charge in [-0.15, -0.1) is 0 Å². The van der Waals surface area contributed by atoms with Crippen LogP contribution in [0.2, 0.25) is 0 Å². The second-order valence-corrected chi connectivity index (χ2v) is 9.83. The number of amides is 1. The number of nitrogens with zero attached hydrogens (tertiary/aromatic N) is 3. The minimum absolute atomic E-state index is 0.178. The fraction of sp³-hybridized carbons (Fsp3) is 0.0714. The average Bonchev–Trinajstić information content (AvgIpc) is 3.45. The van der Waals surface area contributed by atoms with Crippen LogP contribution in [0.25, 0.3) is 23.0 Å². The van der Waals surface area contributed by atoms with E-state index in [1.165, 1.54) is 0 Å². The van der Waals surface area contributed by atoms with E-state index in [0.29, 0.717) is 22.8 Å². The zero-order valence-corrected chi connectivity index (χ0v) is 21.1. The molecule has 1 fully saturated rings. The van der Waals surface area contributed by atoms with Crippen LogP contribution < -0.4 is 9.84 Å². The summed E-state index contributed by atoms with van der Waals surface area (Å²) in [6.07, 6.45) is 3.52. The lowest BCUT2D eigenvalue weighted by atomic mass is 10.1. The molecule has 0 saturated carbocycles. The molecule has 1 aliphatic rings. The summed E-state index contributed by atoms with van der Waals surface area (Å²) >= 11 is 6.27. The molecule has 0 aliphatic carbocycles. The Morgan fingerprint density at radius 3 is 2.35 bits per heavy atom. The Kier molecular flexibility index (Phi) is 7.16. The molecule has 1 aliphatic heterocycles. The van der Waals surface area contributed by atoms with Crippen molar-refractivity contribution >= 4 is 46.3 Å². The number of hydrogen-bond acceptors (Lipinski definition) is 7. The van der Waals surface area contributed by atoms with Gasteiger partial charge >= 0.3 is 0 Å². The predicted molar refractivity (Wildman–Crippen MR) is 145 cm³/mol. The first kappa shape index (κ1) is 24.5. The van der Waals surface area contributed by atoms with E-state index in [2.05, 4.69) is 0 Å². The number of carboxylic acid groups (broad SMARTS) is 1. The molecular formula is C28H20N3O4S2-. The summed E-state index contributed by atoms with van der Waals surface area (Å²) in [5.41, 5.74) is 4.11. The van der Waals surface area contributed by atoms with Crippen LogP contribution in [0, 0.1) is 0 Å². The van der Waals surface area contributed by atoms with Gasteiger partial charge in [0.1, 0.15) is 16.7 Å². The van der Waals surface area contributed by atoms with Crippen LogP contribution in [0.4, 0.5) is 0 Å². The number of benzene rings is 3. The fourth-order valence-corrected chi connectivity index (χ4v) is 5.03. The van der Waals surface area contributed by atoms with E-state index < -0.39 is 18.4 Å². The lowest BCUT2D eigenvalue weighted by Crippen LogP contribution is -2.40. The van der Waals surface area contributed by atoms with Crippen molar-refractivity contribution in [3.63, 3.8) is 0 Å². The van der Waals surface area contributed by atoms with E-state index in [1.807, 2.05) is 91.1 Å². The van der Waals surface area contributed by atoms with Crippen molar-refractivity contribution in [2.45, 2.75) is 6.61 Å². The maximum Gasteiger partial charge on any atom is 0.266 e. The van der Waals surface area contributed by atoms with E-state index in [9.17, 15) is 14.7 Å². The zero-order chi connectivity index (χ0) is 25.8. The topological polar surface area (TPSA) is 87.5 Å². The molecule has 3 aromatic carbocycles. The Morgan fingerprint density at radius 2 is 1.68 bits per heavy atom. The quantitative estimate of drug-likeness (QED) is 0.253. The summed E-state index contributed by atoms with van der Waals surface area (Å²) in [4.78, 5) is 25.2. The number of aliphatic carboxylic acids is 1. The summed E-state index contributed by atoms with van der Waals surface area (Å²) in [5.74, 6) is -1.12. The van der Waals surface area contributed by atoms with E-state index in [4.69, 9.17) is 22.1 Å². The highest BCUT2D eigenvalue weighted by Crippen LogP contribution is 2.35. The van der Waals surface area contributed by atoms with Gasteiger partial charge in [0.05, 0.1) is 28.8 Å². The number of para-hydroxylation sites is 1. The van der Waals surface area contributed by atoms with Crippen molar-refractivity contribution in [1.29, 1.82) is 0 Å². The van der Waals surface area contributed by atoms with Crippen LogP contribution in [0.3, 0.4) is 0 Å². The average molecular weight is 527 g/mol. The first-order valence-corrected chi connectivity index (χ1v) is 12.6. The van der Waals surface area contributed by atoms with E-state index in [-0.39, 0.29) is 4.32 Å². The third-order valence-electron chi connectivity index (χ3n) is 5.59. The fourth-order valence-electron chi connectivity index (χ4n) is 3.79. The molecule has 0 spiro atoms. The van der Waals surface area contributed by atoms with Gasteiger partial charge in [0.2, 0.25) is 0 Å². The highest BCUT2D eigenvalue weighted by atomic mass is 32.2. The zero-order valence-electron chi connectivity index (χ0n) is 19.4. The third-order valence-corrected chi connectivity index (χ3v) is 6.96. The third kappa shape index (κ3) is 5.63. The van der Waals surface area contributed by atoms with E-state index >= 15 is 0 Å². The molecule has 0 N–H and O–H groups in total. The smallest absolute Gasteiger partial charge is 0.266 e. The van der Waals surface area contributed by atoms with Gasteiger partial charge in [0.15, 0.2) is 0 Å². The van der Waals surface area contributed by atoms with Crippen LogP contribution >= 0.6 is 24.0 Å². The normalized spacial score (nSPS) is 14.4. The van der Waals surface area contributed by atoms with Gasteiger partial charge in [-0.2, -0.15) is 5.10 Å². The first-order valence-electron chi connectivity index (χ1n) is 11.4. The molecule has 1 saturated heterocycles. The van der Waals surface area contributed by atoms with Gasteiger partial charge in [-0.3, -0.25) is 9.69 Å². The lowest BCUT2D eigenvalue weighted by molar-refractivity contribution is -0.305. The van der Waals surface area contributed by atoms with Crippen LogP contribution in [-0.4, -0.2) is 37.4 Å². The molecule has 0 unspecified atom stereocenters. The van der Waals surface area contributed by atoms with Crippen LogP contribution in [0.1, 0.15) is 11.1 Å². The molecular weight excluding hydrogens is 506 g/mol. The summed E-state index contributed by atoms with van der Waals surface area (Å²) in [5, 5.41) is 15.8. The van der Waals surface area contributed by atoms with Gasteiger partial charge in [0.25, 0.3) is 5.91 Å². The number of thioether (sulfide) groups is 1. The number of carbonyl (C=O) groups excluding carboxylic acids is 2. The number of carboxylic acids is 1. The molecule has 0 radical (unpaired) electrons. The van der Waals surface area contributed by atoms with Crippen molar-refractivity contribution in [1.82, 2.24) is 14.7 Å². The Hall–Kier alpha value is -4.21. The van der Waals surface area contributed by atoms with Crippen molar-refractivity contribution in [2.75, 3.05) is 6.54 Å². The van der Waals surface area contributed by atoms with Gasteiger partial charge < -0.3 is 14.6 Å². The van der Waals surface area contributed by atoms with E-state index in [1.54, 1.807) is 10.8 Å². The van der Waals surface area contributed by atoms with Gasteiger partial charge in [0, 0.05) is 17.3 Å². The molecule has 184 valence electrons. The standard InChI is InChI=1S/C28H21N3O4S2/c32-25(33)17-30-27(34)24(37-28(30)36)15-21-16-31(22-9-5-2-6-10-22)29-26(21)20-11-13-23(14-12-20)35-18-19-7-3-1-4-8-19/h1-16H,17-18H2,(H,32,33)/p-1. The van der Waals surface area contributed by atoms with Crippen molar-refractivity contribution < 1.29 is 19.4 Å². The highest BCUT2D eigenvalue weighted by molar-refractivity contribution is 8.26. The van der Waals surface area contributed by atoms with Crippen LogP contribution in [-0.2, 0) is 16.2 Å². The number of rotatable bonds is 8. The maximum absolute atomic E-state index is 12.8. The Morgan fingerprint density at radius 1 is 1.00 bits per heavy atom. The number of thiocarbonyl (C=S) groups is 1. The highest BCUT2D eigenvalue weighted by Gasteiger charge is 2.32. The first-order chi connectivity index (χ1) is 18.0. The molecule has 37 heavy (non-hydrogen) atoms. The van der Waals surface area contributed by atoms with Crippen molar-refractivity contribution in [3.05, 3.63) is 107 Å². The molecule has 4 aromatic rings. The molecule has 0 atom stereocenters. The maximum atomic E-state index is 12.8. The molecule has 1 amide bonds. The van der Waals surface area contributed by atoms with Crippen LogP contribution in [0.15, 0.2) is 96.0 Å². The van der Waals surface area contributed by atoms with Crippen molar-refractivity contribution in [3.8, 4) is 22.7 Å². The number of aromatic nitrogens is 2. The van der Waals surface area contributed by atoms with Gasteiger partial charge in [-0.1, -0.05) is 72.5 Å². The SMILES string of the molecule is O=C([O-])CN1C(=O)C(=Cc2cn(-c3ccccc3)nc2-c2ccc(OCc3ccccc3)cc2)SC1=S. The molecule has 5 rings (SSSR count). The number of ether oxygens (including phenoxy) is 1. The summed E-state index contributed by atoms with van der Waals surface area (Å²) in [6, 6.07) is 27.1. The molecule has 9 heteroatoms. The van der Waals surface area contributed by atoms with E-state index in [0.717, 1.165) is 39.2 Å². The minimum Gasteiger partial charge on any atom is -0.548 e. The second-order valence-electron chi connectivity index (χ2n) is 8.15. The van der Waals surface area contributed by atoms with Crippen molar-refractivity contribution in [2.24, 2.45) is 0 Å². The largest absolute Gasteiger partial charge is 0.548 e. The minimum atomic E-state index is -1.37. The second kappa shape index (κ2) is 10.8. The molecule has 1 aromatic heterocycles. The summed E-state index contributed by atoms with van der Waals surface area (Å²) < 4.78 is 7.82.